The van der Waals surface area contributed by atoms with Crippen molar-refractivity contribution in [3.8, 4) is 18.1 Å². The van der Waals surface area contributed by atoms with E-state index in [0.717, 1.165) is 17.7 Å². The van der Waals surface area contributed by atoms with Gasteiger partial charge in [-0.05, 0) is 38.0 Å². The molecule has 1 amide bonds. The zero-order chi connectivity index (χ0) is 16.9. The van der Waals surface area contributed by atoms with Gasteiger partial charge in [0.15, 0.2) is 0 Å². The van der Waals surface area contributed by atoms with Crippen molar-refractivity contribution in [2.75, 3.05) is 33.0 Å². The summed E-state index contributed by atoms with van der Waals surface area (Å²) in [6, 6.07) is 7.65. The highest BCUT2D eigenvalue weighted by molar-refractivity contribution is 5.80. The van der Waals surface area contributed by atoms with Crippen LogP contribution < -0.4 is 10.1 Å². The Morgan fingerprint density at radius 1 is 1.30 bits per heavy atom. The van der Waals surface area contributed by atoms with Gasteiger partial charge in [0.2, 0.25) is 5.91 Å². The second kappa shape index (κ2) is 11.5. The van der Waals surface area contributed by atoms with Crippen LogP contribution in [0.4, 0.5) is 0 Å². The standard InChI is InChI=1S/C18H25NO4/c1-4-12-23-17-8-6-16(7-9-17)10-11-19-18(20)15(3)22-14-13-21-5-2/h1,6-9,15H,5,10-14H2,2-3H3,(H,19,20)/t15-/m1/s1. The summed E-state index contributed by atoms with van der Waals surface area (Å²) in [5.74, 6) is 3.05. The number of hydrogen-bond donors (Lipinski definition) is 1. The van der Waals surface area contributed by atoms with Crippen molar-refractivity contribution in [3.63, 3.8) is 0 Å². The summed E-state index contributed by atoms with van der Waals surface area (Å²) in [6.07, 6.45) is 5.40. The minimum atomic E-state index is -0.477. The molecule has 5 nitrogen and oxygen atoms in total. The van der Waals surface area contributed by atoms with Crippen molar-refractivity contribution >= 4 is 5.91 Å². The van der Waals surface area contributed by atoms with E-state index in [1.807, 2.05) is 31.2 Å². The van der Waals surface area contributed by atoms with Crippen LogP contribution in [0.25, 0.3) is 0 Å². The minimum Gasteiger partial charge on any atom is -0.481 e. The Labute approximate surface area is 138 Å². The molecule has 0 aliphatic rings. The molecule has 1 aromatic carbocycles. The highest BCUT2D eigenvalue weighted by Crippen LogP contribution is 2.12. The molecule has 0 bridgehead atoms. The summed E-state index contributed by atoms with van der Waals surface area (Å²) in [4.78, 5) is 11.9. The number of carbonyl (C=O) groups is 1. The number of nitrogens with one attached hydrogen (secondary N) is 1. The fourth-order valence-electron chi connectivity index (χ4n) is 1.85. The molecule has 0 aromatic heterocycles. The normalized spacial score (nSPS) is 11.5. The monoisotopic (exact) mass is 319 g/mol. The van der Waals surface area contributed by atoms with Gasteiger partial charge in [0, 0.05) is 13.2 Å². The summed E-state index contributed by atoms with van der Waals surface area (Å²) in [6.45, 7) is 6.04. The number of benzene rings is 1. The fourth-order valence-corrected chi connectivity index (χ4v) is 1.85. The SMILES string of the molecule is C#CCOc1ccc(CCNC(=O)[C@@H](C)OCCOCC)cc1. The Morgan fingerprint density at radius 2 is 2.04 bits per heavy atom. The van der Waals surface area contributed by atoms with Crippen molar-refractivity contribution in [1.82, 2.24) is 5.32 Å². The number of terminal acetylenes is 1. The van der Waals surface area contributed by atoms with Gasteiger partial charge in [-0.25, -0.2) is 0 Å². The summed E-state index contributed by atoms with van der Waals surface area (Å²) < 4.78 is 15.9. The van der Waals surface area contributed by atoms with Crippen molar-refractivity contribution in [2.24, 2.45) is 0 Å². The van der Waals surface area contributed by atoms with Gasteiger partial charge >= 0.3 is 0 Å². The maximum Gasteiger partial charge on any atom is 0.248 e. The third-order valence-electron chi connectivity index (χ3n) is 3.13. The smallest absolute Gasteiger partial charge is 0.248 e. The van der Waals surface area contributed by atoms with Gasteiger partial charge in [0.05, 0.1) is 13.2 Å². The van der Waals surface area contributed by atoms with Crippen molar-refractivity contribution in [2.45, 2.75) is 26.4 Å². The van der Waals surface area contributed by atoms with Gasteiger partial charge < -0.3 is 19.5 Å². The van der Waals surface area contributed by atoms with Crippen molar-refractivity contribution in [1.29, 1.82) is 0 Å². The Bertz CT molecular complexity index is 493. The van der Waals surface area contributed by atoms with Crippen LogP contribution >= 0.6 is 0 Å². The molecule has 0 fully saturated rings. The lowest BCUT2D eigenvalue weighted by Crippen LogP contribution is -2.36. The largest absolute Gasteiger partial charge is 0.481 e. The predicted octanol–water partition coefficient (Wildman–Crippen LogP) is 1.80. The van der Waals surface area contributed by atoms with Crippen LogP contribution in [0.1, 0.15) is 19.4 Å². The topological polar surface area (TPSA) is 56.8 Å². The van der Waals surface area contributed by atoms with Crippen LogP contribution in [0.3, 0.4) is 0 Å². The molecule has 0 spiro atoms. The van der Waals surface area contributed by atoms with E-state index >= 15 is 0 Å². The van der Waals surface area contributed by atoms with E-state index in [-0.39, 0.29) is 12.5 Å². The van der Waals surface area contributed by atoms with Gasteiger partial charge in [-0.3, -0.25) is 4.79 Å². The second-order valence-electron chi connectivity index (χ2n) is 4.89. The number of carbonyl (C=O) groups excluding carboxylic acids is 1. The van der Waals surface area contributed by atoms with Crippen LogP contribution in [0.2, 0.25) is 0 Å². The van der Waals surface area contributed by atoms with Crippen LogP contribution in [-0.2, 0) is 20.7 Å². The van der Waals surface area contributed by atoms with E-state index in [4.69, 9.17) is 20.6 Å². The highest BCUT2D eigenvalue weighted by Gasteiger charge is 2.12. The average Bonchev–Trinajstić information content (AvgIpc) is 2.57. The van der Waals surface area contributed by atoms with Crippen LogP contribution in [-0.4, -0.2) is 45.0 Å². The third kappa shape index (κ3) is 8.24. The molecule has 0 unspecified atom stereocenters. The molecule has 0 radical (unpaired) electrons. The lowest BCUT2D eigenvalue weighted by atomic mass is 10.1. The molecule has 1 rings (SSSR count). The lowest BCUT2D eigenvalue weighted by molar-refractivity contribution is -0.132. The molecule has 126 valence electrons. The first-order chi connectivity index (χ1) is 11.2. The number of amides is 1. The number of hydrogen-bond acceptors (Lipinski definition) is 4. The van der Waals surface area contributed by atoms with Gasteiger partial charge in [-0.15, -0.1) is 6.42 Å². The van der Waals surface area contributed by atoms with E-state index < -0.39 is 6.10 Å². The molecular formula is C18H25NO4. The first-order valence-electron chi connectivity index (χ1n) is 7.79. The molecular weight excluding hydrogens is 294 g/mol. The van der Waals surface area contributed by atoms with Crippen LogP contribution in [0, 0.1) is 12.3 Å². The first kappa shape index (κ1) is 19.0. The van der Waals surface area contributed by atoms with E-state index in [0.29, 0.717) is 26.4 Å². The lowest BCUT2D eigenvalue weighted by Gasteiger charge is -2.13. The Hall–Kier alpha value is -2.03. The third-order valence-corrected chi connectivity index (χ3v) is 3.13. The van der Waals surface area contributed by atoms with Gasteiger partial charge in [0.25, 0.3) is 0 Å². The van der Waals surface area contributed by atoms with E-state index in [1.54, 1.807) is 6.92 Å². The van der Waals surface area contributed by atoms with E-state index in [2.05, 4.69) is 11.2 Å². The van der Waals surface area contributed by atoms with Gasteiger partial charge in [-0.1, -0.05) is 18.1 Å². The molecule has 1 atom stereocenters. The Morgan fingerprint density at radius 3 is 2.70 bits per heavy atom. The van der Waals surface area contributed by atoms with Gasteiger partial charge in [0.1, 0.15) is 18.5 Å². The maximum absolute atomic E-state index is 11.9. The van der Waals surface area contributed by atoms with Crippen LogP contribution in [0.5, 0.6) is 5.75 Å². The van der Waals surface area contributed by atoms with E-state index in [1.165, 1.54) is 0 Å². The summed E-state index contributed by atoms with van der Waals surface area (Å²) in [5.41, 5.74) is 1.11. The molecule has 0 heterocycles. The number of rotatable bonds is 11. The molecule has 0 saturated heterocycles. The molecule has 5 heteroatoms. The summed E-state index contributed by atoms with van der Waals surface area (Å²) >= 11 is 0. The van der Waals surface area contributed by atoms with Gasteiger partial charge in [-0.2, -0.15) is 0 Å². The summed E-state index contributed by atoms with van der Waals surface area (Å²) in [7, 11) is 0. The van der Waals surface area contributed by atoms with Crippen LogP contribution in [0.15, 0.2) is 24.3 Å². The highest BCUT2D eigenvalue weighted by atomic mass is 16.5. The van der Waals surface area contributed by atoms with Crippen molar-refractivity contribution < 1.29 is 19.0 Å². The molecule has 0 aliphatic carbocycles. The molecule has 0 saturated carbocycles. The fraction of sp³-hybridized carbons (Fsp3) is 0.500. The predicted molar refractivity (Wildman–Crippen MR) is 89.4 cm³/mol. The molecule has 1 aromatic rings. The number of ether oxygens (including phenoxy) is 3. The quantitative estimate of drug-likeness (QED) is 0.499. The van der Waals surface area contributed by atoms with E-state index in [9.17, 15) is 4.79 Å². The van der Waals surface area contributed by atoms with Crippen molar-refractivity contribution in [3.05, 3.63) is 29.8 Å². The second-order valence-corrected chi connectivity index (χ2v) is 4.89. The Balaban J connectivity index is 2.22. The zero-order valence-electron chi connectivity index (χ0n) is 13.8. The maximum atomic E-state index is 11.9. The first-order valence-corrected chi connectivity index (χ1v) is 7.79. The molecule has 1 N–H and O–H groups in total. The summed E-state index contributed by atoms with van der Waals surface area (Å²) in [5, 5.41) is 2.86. The average molecular weight is 319 g/mol. The zero-order valence-corrected chi connectivity index (χ0v) is 13.8. The Kier molecular flexibility index (Phi) is 9.53. The minimum absolute atomic E-state index is 0.115. The molecule has 23 heavy (non-hydrogen) atoms. The molecule has 0 aliphatic heterocycles.